The molecule has 0 bridgehead atoms. The quantitative estimate of drug-likeness (QED) is 0.621. The van der Waals surface area contributed by atoms with E-state index in [0.717, 1.165) is 42.8 Å². The summed E-state index contributed by atoms with van der Waals surface area (Å²) in [5, 5.41) is 0. The highest BCUT2D eigenvalue weighted by atomic mass is 19.1. The number of imidazole rings is 1. The third-order valence-electron chi connectivity index (χ3n) is 6.55. The molecular formula is C25H27FN4O2. The maximum Gasteiger partial charge on any atom is 0.242 e. The molecular weight excluding hydrogens is 407 g/mol. The lowest BCUT2D eigenvalue weighted by molar-refractivity contribution is -0.131. The summed E-state index contributed by atoms with van der Waals surface area (Å²) < 4.78 is 15.7. The Balaban J connectivity index is 1.45. The molecule has 0 spiro atoms. The summed E-state index contributed by atoms with van der Waals surface area (Å²) in [5.74, 6) is 0.270. The van der Waals surface area contributed by atoms with E-state index in [1.54, 1.807) is 17.0 Å². The van der Waals surface area contributed by atoms with Crippen LogP contribution < -0.4 is 4.90 Å². The number of halogens is 1. The predicted octanol–water partition coefficient (Wildman–Crippen LogP) is 4.10. The van der Waals surface area contributed by atoms with Gasteiger partial charge in [-0.15, -0.1) is 0 Å². The highest BCUT2D eigenvalue weighted by molar-refractivity contribution is 5.96. The predicted molar refractivity (Wildman–Crippen MR) is 121 cm³/mol. The molecule has 1 atom stereocenters. The Bertz CT molecular complexity index is 1150. The standard InChI is InChI=1S/C25H27FN4O2/c26-19-8-7-9-20(15-19)29-16-18(14-23(29)31)25-27-21-10-3-4-11-22(21)30(25)17-24(32)28-12-5-1-2-6-13-28/h3-4,7-11,15,18H,1-2,5-6,12-14,16-17H2. The van der Waals surface area contributed by atoms with Crippen LogP contribution in [0.25, 0.3) is 11.0 Å². The zero-order valence-corrected chi connectivity index (χ0v) is 18.0. The molecule has 0 N–H and O–H groups in total. The van der Waals surface area contributed by atoms with Crippen LogP contribution in [0.15, 0.2) is 48.5 Å². The van der Waals surface area contributed by atoms with Gasteiger partial charge in [0.25, 0.3) is 0 Å². The van der Waals surface area contributed by atoms with Crippen LogP contribution in [0.2, 0.25) is 0 Å². The number of nitrogens with zero attached hydrogens (tertiary/aromatic N) is 4. The third-order valence-corrected chi connectivity index (χ3v) is 6.55. The molecule has 2 aliphatic heterocycles. The van der Waals surface area contributed by atoms with Gasteiger partial charge in [-0.25, -0.2) is 9.37 Å². The van der Waals surface area contributed by atoms with E-state index in [1.807, 2.05) is 33.7 Å². The molecule has 1 unspecified atom stereocenters. The number of hydrogen-bond acceptors (Lipinski definition) is 3. The van der Waals surface area contributed by atoms with Crippen LogP contribution in [-0.2, 0) is 16.1 Å². The summed E-state index contributed by atoms with van der Waals surface area (Å²) in [7, 11) is 0. The Hall–Kier alpha value is -3.22. The Morgan fingerprint density at radius 2 is 1.81 bits per heavy atom. The lowest BCUT2D eigenvalue weighted by Crippen LogP contribution is -2.35. The molecule has 3 aromatic rings. The topological polar surface area (TPSA) is 58.4 Å². The number of anilines is 1. The number of rotatable bonds is 4. The summed E-state index contributed by atoms with van der Waals surface area (Å²) in [5.41, 5.74) is 2.28. The molecule has 2 saturated heterocycles. The van der Waals surface area contributed by atoms with Crippen molar-refractivity contribution in [2.75, 3.05) is 24.5 Å². The molecule has 32 heavy (non-hydrogen) atoms. The summed E-state index contributed by atoms with van der Waals surface area (Å²) in [6.07, 6.45) is 4.72. The van der Waals surface area contributed by atoms with Gasteiger partial charge >= 0.3 is 0 Å². The van der Waals surface area contributed by atoms with Crippen LogP contribution >= 0.6 is 0 Å². The number of carbonyl (C=O) groups is 2. The molecule has 3 heterocycles. The van der Waals surface area contributed by atoms with Gasteiger partial charge in [0.2, 0.25) is 11.8 Å². The summed E-state index contributed by atoms with van der Waals surface area (Å²) >= 11 is 0. The second-order valence-electron chi connectivity index (χ2n) is 8.73. The van der Waals surface area contributed by atoms with Gasteiger partial charge < -0.3 is 14.4 Å². The Labute approximate surface area is 186 Å². The van der Waals surface area contributed by atoms with Gasteiger partial charge in [0.1, 0.15) is 18.2 Å². The largest absolute Gasteiger partial charge is 0.341 e. The molecule has 0 radical (unpaired) electrons. The van der Waals surface area contributed by atoms with Crippen LogP contribution in [0.4, 0.5) is 10.1 Å². The maximum atomic E-state index is 13.7. The van der Waals surface area contributed by atoms with Crippen molar-refractivity contribution in [3.05, 3.63) is 60.2 Å². The van der Waals surface area contributed by atoms with E-state index in [2.05, 4.69) is 0 Å². The SMILES string of the molecule is O=C(Cn1c(C2CC(=O)N(c3cccc(F)c3)C2)nc2ccccc21)N1CCCCCC1. The van der Waals surface area contributed by atoms with Crippen molar-refractivity contribution in [3.63, 3.8) is 0 Å². The van der Waals surface area contributed by atoms with Gasteiger partial charge in [-0.2, -0.15) is 0 Å². The van der Waals surface area contributed by atoms with Crippen LogP contribution in [-0.4, -0.2) is 45.9 Å². The average molecular weight is 435 g/mol. The minimum Gasteiger partial charge on any atom is -0.341 e. The van der Waals surface area contributed by atoms with Gasteiger partial charge in [-0.1, -0.05) is 31.0 Å². The number of carbonyl (C=O) groups excluding carboxylic acids is 2. The Morgan fingerprint density at radius 3 is 2.59 bits per heavy atom. The zero-order chi connectivity index (χ0) is 22.1. The second-order valence-corrected chi connectivity index (χ2v) is 8.73. The number of benzene rings is 2. The van der Waals surface area contributed by atoms with Crippen molar-refractivity contribution in [1.82, 2.24) is 14.5 Å². The first-order valence-electron chi connectivity index (χ1n) is 11.4. The minimum absolute atomic E-state index is 0.0574. The highest BCUT2D eigenvalue weighted by Crippen LogP contribution is 2.33. The first-order valence-corrected chi connectivity index (χ1v) is 11.4. The van der Waals surface area contributed by atoms with E-state index in [-0.39, 0.29) is 36.5 Å². The number of likely N-dealkylation sites (tertiary alicyclic amines) is 1. The summed E-state index contributed by atoms with van der Waals surface area (Å²) in [4.78, 5) is 34.4. The normalized spacial score (nSPS) is 19.5. The highest BCUT2D eigenvalue weighted by Gasteiger charge is 2.35. The lowest BCUT2D eigenvalue weighted by Gasteiger charge is -2.22. The molecule has 2 fully saturated rings. The number of hydrogen-bond donors (Lipinski definition) is 0. The van der Waals surface area contributed by atoms with Crippen LogP contribution in [0.3, 0.4) is 0 Å². The second kappa shape index (κ2) is 8.73. The molecule has 5 rings (SSSR count). The fraction of sp³-hybridized carbons (Fsp3) is 0.400. The van der Waals surface area contributed by atoms with E-state index in [0.29, 0.717) is 12.2 Å². The monoisotopic (exact) mass is 434 g/mol. The number of aromatic nitrogens is 2. The lowest BCUT2D eigenvalue weighted by atomic mass is 10.1. The molecule has 0 aliphatic carbocycles. The maximum absolute atomic E-state index is 13.7. The van der Waals surface area contributed by atoms with Crippen molar-refractivity contribution in [3.8, 4) is 0 Å². The zero-order valence-electron chi connectivity index (χ0n) is 18.0. The summed E-state index contributed by atoms with van der Waals surface area (Å²) in [6.45, 7) is 2.25. The van der Waals surface area contributed by atoms with E-state index < -0.39 is 0 Å². The van der Waals surface area contributed by atoms with Gasteiger partial charge in [0.15, 0.2) is 0 Å². The van der Waals surface area contributed by atoms with Gasteiger partial charge in [0.05, 0.1) is 11.0 Å². The van der Waals surface area contributed by atoms with E-state index in [4.69, 9.17) is 4.98 Å². The molecule has 2 amide bonds. The van der Waals surface area contributed by atoms with E-state index in [1.165, 1.54) is 25.0 Å². The van der Waals surface area contributed by atoms with E-state index >= 15 is 0 Å². The number of para-hydroxylation sites is 2. The van der Waals surface area contributed by atoms with Gasteiger partial charge in [-0.05, 0) is 43.2 Å². The first-order chi connectivity index (χ1) is 15.6. The Morgan fingerprint density at radius 1 is 1.03 bits per heavy atom. The van der Waals surface area contributed by atoms with Crippen LogP contribution in [0, 0.1) is 5.82 Å². The Kier molecular flexibility index (Phi) is 5.64. The number of amides is 2. The van der Waals surface area contributed by atoms with Crippen molar-refractivity contribution in [1.29, 1.82) is 0 Å². The molecule has 0 saturated carbocycles. The van der Waals surface area contributed by atoms with Crippen LogP contribution in [0.1, 0.15) is 43.8 Å². The minimum atomic E-state index is -0.367. The smallest absolute Gasteiger partial charge is 0.242 e. The van der Waals surface area contributed by atoms with Crippen LogP contribution in [0.5, 0.6) is 0 Å². The third kappa shape index (κ3) is 3.99. The molecule has 166 valence electrons. The molecule has 1 aromatic heterocycles. The summed E-state index contributed by atoms with van der Waals surface area (Å²) in [6, 6.07) is 13.9. The molecule has 2 aromatic carbocycles. The van der Waals surface area contributed by atoms with Crippen molar-refractivity contribution < 1.29 is 14.0 Å². The van der Waals surface area contributed by atoms with Crippen molar-refractivity contribution >= 4 is 28.5 Å². The van der Waals surface area contributed by atoms with Crippen molar-refractivity contribution in [2.24, 2.45) is 0 Å². The fourth-order valence-electron chi connectivity index (χ4n) is 4.90. The molecule has 6 nitrogen and oxygen atoms in total. The van der Waals surface area contributed by atoms with Gasteiger partial charge in [-0.3, -0.25) is 9.59 Å². The average Bonchev–Trinajstić information content (AvgIpc) is 3.22. The van der Waals surface area contributed by atoms with Gasteiger partial charge in [0, 0.05) is 37.7 Å². The number of fused-ring (bicyclic) bond motifs is 1. The molecule has 7 heteroatoms. The van der Waals surface area contributed by atoms with Crippen molar-refractivity contribution in [2.45, 2.75) is 44.6 Å². The first kappa shape index (κ1) is 20.7. The van der Waals surface area contributed by atoms with E-state index in [9.17, 15) is 14.0 Å². The molecule has 2 aliphatic rings. The fourth-order valence-corrected chi connectivity index (χ4v) is 4.90.